The molecule has 1 aromatic rings. The maximum atomic E-state index is 13.7. The van der Waals surface area contributed by atoms with Crippen molar-refractivity contribution in [3.63, 3.8) is 0 Å². The molecule has 0 bridgehead atoms. The molecule has 0 aromatic heterocycles. The van der Waals surface area contributed by atoms with Crippen LogP contribution in [0.1, 0.15) is 6.42 Å². The van der Waals surface area contributed by atoms with Crippen LogP contribution in [0.2, 0.25) is 0 Å². The molecular formula is C12H11BrFNO. The summed E-state index contributed by atoms with van der Waals surface area (Å²) in [7, 11) is 0. The van der Waals surface area contributed by atoms with Gasteiger partial charge in [-0.25, -0.2) is 4.39 Å². The largest absolute Gasteiger partial charge is 0.309 e. The van der Waals surface area contributed by atoms with Gasteiger partial charge in [0.25, 0.3) is 0 Å². The first kappa shape index (κ1) is 11.3. The van der Waals surface area contributed by atoms with E-state index in [-0.39, 0.29) is 17.6 Å². The van der Waals surface area contributed by atoms with Crippen LogP contribution in [0.4, 0.5) is 10.1 Å². The third kappa shape index (κ3) is 2.02. The van der Waals surface area contributed by atoms with Gasteiger partial charge in [0.1, 0.15) is 5.82 Å². The number of carbonyl (C=O) groups is 1. The second kappa shape index (κ2) is 4.37. The molecule has 1 aliphatic heterocycles. The lowest BCUT2D eigenvalue weighted by Gasteiger charge is -2.17. The Morgan fingerprint density at radius 2 is 2.31 bits per heavy atom. The molecule has 1 atom stereocenters. The van der Waals surface area contributed by atoms with Crippen LogP contribution < -0.4 is 4.90 Å². The van der Waals surface area contributed by atoms with Gasteiger partial charge in [-0.1, -0.05) is 22.0 Å². The molecule has 2 rings (SSSR count). The highest BCUT2D eigenvalue weighted by molar-refractivity contribution is 9.10. The highest BCUT2D eigenvalue weighted by Gasteiger charge is 2.30. The third-order valence-corrected chi connectivity index (χ3v) is 3.18. The minimum atomic E-state index is -0.382. The predicted octanol–water partition coefficient (Wildman–Crippen LogP) is 3.13. The molecule has 1 fully saturated rings. The average Bonchev–Trinajstić information content (AvgIpc) is 2.60. The summed E-state index contributed by atoms with van der Waals surface area (Å²) in [5, 5.41) is 0. The molecule has 0 spiro atoms. The van der Waals surface area contributed by atoms with E-state index in [9.17, 15) is 9.18 Å². The fourth-order valence-electron chi connectivity index (χ4n) is 1.83. The van der Waals surface area contributed by atoms with Crippen LogP contribution in [0, 0.1) is 11.7 Å². The molecule has 0 saturated carbocycles. The van der Waals surface area contributed by atoms with Gasteiger partial charge in [-0.3, -0.25) is 4.79 Å². The standard InChI is InChI=1S/C12H11BrFNO/c1-2-8-5-12(16)15(7-8)11-4-3-9(13)6-10(11)14/h2-4,6,8H,1,5,7H2. The lowest BCUT2D eigenvalue weighted by molar-refractivity contribution is -0.117. The topological polar surface area (TPSA) is 20.3 Å². The van der Waals surface area contributed by atoms with Gasteiger partial charge in [0.15, 0.2) is 0 Å². The second-order valence-electron chi connectivity index (χ2n) is 3.80. The Hall–Kier alpha value is -1.16. The van der Waals surface area contributed by atoms with Crippen LogP contribution in [-0.2, 0) is 4.79 Å². The number of amides is 1. The second-order valence-corrected chi connectivity index (χ2v) is 4.72. The first-order valence-corrected chi connectivity index (χ1v) is 5.79. The Kier molecular flexibility index (Phi) is 3.10. The maximum absolute atomic E-state index is 13.7. The highest BCUT2D eigenvalue weighted by Crippen LogP contribution is 2.29. The van der Waals surface area contributed by atoms with Gasteiger partial charge in [-0.2, -0.15) is 0 Å². The van der Waals surface area contributed by atoms with Gasteiger partial charge in [-0.05, 0) is 18.2 Å². The van der Waals surface area contributed by atoms with Crippen molar-refractivity contribution < 1.29 is 9.18 Å². The third-order valence-electron chi connectivity index (χ3n) is 2.69. The van der Waals surface area contributed by atoms with Crippen molar-refractivity contribution in [2.75, 3.05) is 11.4 Å². The lowest BCUT2D eigenvalue weighted by atomic mass is 10.1. The summed E-state index contributed by atoms with van der Waals surface area (Å²) in [5.41, 5.74) is 0.345. The zero-order valence-electron chi connectivity index (χ0n) is 8.62. The van der Waals surface area contributed by atoms with Crippen LogP contribution in [0.15, 0.2) is 35.3 Å². The van der Waals surface area contributed by atoms with Crippen LogP contribution in [0.5, 0.6) is 0 Å². The first-order chi connectivity index (χ1) is 7.61. The molecule has 0 N–H and O–H groups in total. The van der Waals surface area contributed by atoms with Crippen LogP contribution >= 0.6 is 15.9 Å². The number of nitrogens with zero attached hydrogens (tertiary/aromatic N) is 1. The Morgan fingerprint density at radius 3 is 2.88 bits per heavy atom. The molecule has 16 heavy (non-hydrogen) atoms. The van der Waals surface area contributed by atoms with E-state index in [1.807, 2.05) is 0 Å². The van der Waals surface area contributed by atoms with Gasteiger partial charge in [0.2, 0.25) is 5.91 Å². The van der Waals surface area contributed by atoms with Crippen LogP contribution in [0.3, 0.4) is 0 Å². The van der Waals surface area contributed by atoms with E-state index in [1.54, 1.807) is 18.2 Å². The molecular weight excluding hydrogens is 273 g/mol. The summed E-state index contributed by atoms with van der Waals surface area (Å²) >= 11 is 3.19. The fraction of sp³-hybridized carbons (Fsp3) is 0.250. The van der Waals surface area contributed by atoms with Gasteiger partial charge in [-0.15, -0.1) is 6.58 Å². The summed E-state index contributed by atoms with van der Waals surface area (Å²) in [5.74, 6) is -0.311. The van der Waals surface area contributed by atoms with Crippen molar-refractivity contribution in [2.24, 2.45) is 5.92 Å². The monoisotopic (exact) mass is 283 g/mol. The van der Waals surface area contributed by atoms with E-state index in [2.05, 4.69) is 22.5 Å². The Labute approximate surface area is 102 Å². The van der Waals surface area contributed by atoms with Crippen molar-refractivity contribution in [1.82, 2.24) is 0 Å². The summed E-state index contributed by atoms with van der Waals surface area (Å²) < 4.78 is 14.3. The van der Waals surface area contributed by atoms with E-state index in [0.717, 1.165) is 0 Å². The van der Waals surface area contributed by atoms with Gasteiger partial charge in [0.05, 0.1) is 5.69 Å². The predicted molar refractivity (Wildman–Crippen MR) is 64.8 cm³/mol. The molecule has 1 unspecified atom stereocenters. The minimum absolute atomic E-state index is 0.0499. The quantitative estimate of drug-likeness (QED) is 0.764. The molecule has 1 heterocycles. The van der Waals surface area contributed by atoms with Crippen molar-refractivity contribution in [2.45, 2.75) is 6.42 Å². The minimum Gasteiger partial charge on any atom is -0.309 e. The normalized spacial score (nSPS) is 20.2. The number of hydrogen-bond acceptors (Lipinski definition) is 1. The molecule has 1 amide bonds. The van der Waals surface area contributed by atoms with Crippen LogP contribution in [0.25, 0.3) is 0 Å². The molecule has 84 valence electrons. The fourth-order valence-corrected chi connectivity index (χ4v) is 2.16. The Morgan fingerprint density at radius 1 is 1.56 bits per heavy atom. The summed E-state index contributed by atoms with van der Waals surface area (Å²) in [4.78, 5) is 13.2. The zero-order valence-corrected chi connectivity index (χ0v) is 10.2. The molecule has 1 aromatic carbocycles. The van der Waals surface area contributed by atoms with E-state index < -0.39 is 0 Å². The molecule has 1 aliphatic rings. The first-order valence-electron chi connectivity index (χ1n) is 5.00. The smallest absolute Gasteiger partial charge is 0.227 e. The molecule has 4 heteroatoms. The summed E-state index contributed by atoms with van der Waals surface area (Å²) in [6.07, 6.45) is 2.16. The van der Waals surface area contributed by atoms with Crippen LogP contribution in [-0.4, -0.2) is 12.5 Å². The van der Waals surface area contributed by atoms with Crippen molar-refractivity contribution in [1.29, 1.82) is 0 Å². The number of hydrogen-bond donors (Lipinski definition) is 0. The van der Waals surface area contributed by atoms with Crippen molar-refractivity contribution in [3.05, 3.63) is 41.1 Å². The molecule has 1 saturated heterocycles. The molecule has 0 aliphatic carbocycles. The van der Waals surface area contributed by atoms with Gasteiger partial charge < -0.3 is 4.90 Å². The van der Waals surface area contributed by atoms with Crippen molar-refractivity contribution in [3.8, 4) is 0 Å². The maximum Gasteiger partial charge on any atom is 0.227 e. The highest BCUT2D eigenvalue weighted by atomic mass is 79.9. The molecule has 0 radical (unpaired) electrons. The molecule has 2 nitrogen and oxygen atoms in total. The number of rotatable bonds is 2. The summed E-state index contributed by atoms with van der Waals surface area (Å²) in [6, 6.07) is 4.71. The SMILES string of the molecule is C=CC1CC(=O)N(c2ccc(Br)cc2F)C1. The van der Waals surface area contributed by atoms with Gasteiger partial charge in [0, 0.05) is 23.4 Å². The number of carbonyl (C=O) groups excluding carboxylic acids is 1. The Balaban J connectivity index is 2.31. The van der Waals surface area contributed by atoms with Gasteiger partial charge >= 0.3 is 0 Å². The zero-order chi connectivity index (χ0) is 11.7. The van der Waals surface area contributed by atoms with E-state index in [4.69, 9.17) is 0 Å². The Bertz CT molecular complexity index is 447. The lowest BCUT2D eigenvalue weighted by Crippen LogP contribution is -2.25. The number of anilines is 1. The number of halogens is 2. The van der Waals surface area contributed by atoms with E-state index >= 15 is 0 Å². The van der Waals surface area contributed by atoms with E-state index in [0.29, 0.717) is 23.1 Å². The number of benzene rings is 1. The van der Waals surface area contributed by atoms with Crippen molar-refractivity contribution >= 4 is 27.5 Å². The van der Waals surface area contributed by atoms with E-state index in [1.165, 1.54) is 11.0 Å². The summed E-state index contributed by atoms with van der Waals surface area (Å²) in [6.45, 7) is 4.18. The average molecular weight is 284 g/mol.